The number of H-pyrrole nitrogens is 1. The number of nitrogens with two attached hydrogens (primary N) is 1. The summed E-state index contributed by atoms with van der Waals surface area (Å²) in [6.07, 6.45) is 3.59. The fourth-order valence-corrected chi connectivity index (χ4v) is 5.48. The number of benzene rings is 3. The van der Waals surface area contributed by atoms with Crippen LogP contribution in [0.1, 0.15) is 29.9 Å². The average Bonchev–Trinajstić information content (AvgIpc) is 3.70. The lowest BCUT2D eigenvalue weighted by Gasteiger charge is -2.16. The molecule has 0 aliphatic heterocycles. The number of nitrogens with one attached hydrogen (secondary N) is 1. The van der Waals surface area contributed by atoms with Crippen molar-refractivity contribution in [3.63, 3.8) is 0 Å². The second-order valence-corrected chi connectivity index (χ2v) is 10.2. The first-order chi connectivity index (χ1) is 19.8. The van der Waals surface area contributed by atoms with E-state index in [0.29, 0.717) is 50.5 Å². The molecule has 7 rings (SSSR count). The second kappa shape index (κ2) is 9.31. The summed E-state index contributed by atoms with van der Waals surface area (Å²) in [5.74, 6) is -1.79. The Bertz CT molecular complexity index is 2060. The summed E-state index contributed by atoms with van der Waals surface area (Å²) in [5.41, 5.74) is 8.80. The van der Waals surface area contributed by atoms with Crippen molar-refractivity contribution in [2.75, 3.05) is 5.73 Å². The number of pyridine rings is 1. The minimum atomic E-state index is -0.735. The van der Waals surface area contributed by atoms with Gasteiger partial charge in [0.05, 0.1) is 23.4 Å². The lowest BCUT2D eigenvalue weighted by atomic mass is 9.99. The Kier molecular flexibility index (Phi) is 5.69. The van der Waals surface area contributed by atoms with Gasteiger partial charge in [-0.2, -0.15) is 4.98 Å². The molecule has 0 amide bonds. The third-order valence-corrected chi connectivity index (χ3v) is 7.53. The molecule has 1 aliphatic carbocycles. The van der Waals surface area contributed by atoms with Crippen LogP contribution in [0.15, 0.2) is 71.7 Å². The van der Waals surface area contributed by atoms with Crippen LogP contribution in [0, 0.1) is 17.5 Å². The van der Waals surface area contributed by atoms with E-state index in [2.05, 4.69) is 15.0 Å². The van der Waals surface area contributed by atoms with Crippen molar-refractivity contribution in [3.05, 3.63) is 106 Å². The zero-order valence-electron chi connectivity index (χ0n) is 21.5. The first-order valence-electron chi connectivity index (χ1n) is 13.0. The van der Waals surface area contributed by atoms with Crippen molar-refractivity contribution in [3.8, 4) is 28.2 Å². The first kappa shape index (κ1) is 25.0. The van der Waals surface area contributed by atoms with Crippen molar-refractivity contribution in [1.29, 1.82) is 0 Å². The van der Waals surface area contributed by atoms with Crippen LogP contribution in [-0.4, -0.2) is 24.6 Å². The molecule has 41 heavy (non-hydrogen) atoms. The predicted octanol–water partition coefficient (Wildman–Crippen LogP) is 5.97. The van der Waals surface area contributed by atoms with Crippen LogP contribution >= 0.6 is 0 Å². The minimum absolute atomic E-state index is 0.0301. The van der Waals surface area contributed by atoms with Crippen LogP contribution in [0.5, 0.6) is 0 Å². The standard InChI is InChI=1S/C31H22F3N5O2/c32-19-9-18(10-20(33)12-19)25-13-22-28(37-31(35)38-29(22)36-25)21-2-1-3-26(23(21)14-40)39-7-6-16-8-17(15-4-5-15)11-24(34)27(16)30(39)41/h1-3,6-13,15,40H,4-5,14H2,(H3,35,36,37,38). The molecule has 0 spiro atoms. The number of rotatable bonds is 5. The first-order valence-corrected chi connectivity index (χ1v) is 13.0. The fourth-order valence-electron chi connectivity index (χ4n) is 5.48. The lowest BCUT2D eigenvalue weighted by molar-refractivity contribution is 0.282. The molecule has 1 saturated carbocycles. The van der Waals surface area contributed by atoms with Crippen LogP contribution in [0.25, 0.3) is 50.0 Å². The average molecular weight is 554 g/mol. The van der Waals surface area contributed by atoms with Crippen molar-refractivity contribution >= 4 is 27.8 Å². The SMILES string of the molecule is Nc1nc(-c2cccc(-n3ccc4cc(C5CC5)cc(F)c4c3=O)c2CO)c2cc(-c3cc(F)cc(F)c3)[nH]c2n1. The Hall–Kier alpha value is -4.96. The highest BCUT2D eigenvalue weighted by Crippen LogP contribution is 2.41. The van der Waals surface area contributed by atoms with Gasteiger partial charge in [0.1, 0.15) is 23.1 Å². The number of anilines is 1. The van der Waals surface area contributed by atoms with E-state index in [1.54, 1.807) is 36.5 Å². The summed E-state index contributed by atoms with van der Waals surface area (Å²) in [4.78, 5) is 25.3. The van der Waals surface area contributed by atoms with Crippen LogP contribution in [0.4, 0.5) is 19.1 Å². The number of nitrogens with zero attached hydrogens (tertiary/aromatic N) is 3. The van der Waals surface area contributed by atoms with Gasteiger partial charge >= 0.3 is 0 Å². The Labute approximate surface area is 230 Å². The smallest absolute Gasteiger partial charge is 0.265 e. The molecule has 0 bridgehead atoms. The van der Waals surface area contributed by atoms with Gasteiger partial charge in [0.15, 0.2) is 0 Å². The number of hydrogen-bond donors (Lipinski definition) is 3. The number of aromatic nitrogens is 4. The van der Waals surface area contributed by atoms with Gasteiger partial charge in [-0.05, 0) is 66.1 Å². The van der Waals surface area contributed by atoms with Gasteiger partial charge in [0.25, 0.3) is 5.56 Å². The Morgan fingerprint density at radius 2 is 1.78 bits per heavy atom. The van der Waals surface area contributed by atoms with E-state index in [9.17, 15) is 18.7 Å². The molecule has 7 nitrogen and oxygen atoms in total. The molecule has 0 unspecified atom stereocenters. The van der Waals surface area contributed by atoms with Gasteiger partial charge in [-0.15, -0.1) is 0 Å². The molecule has 0 saturated heterocycles. The molecule has 6 aromatic rings. The zero-order valence-corrected chi connectivity index (χ0v) is 21.5. The molecule has 3 aromatic carbocycles. The van der Waals surface area contributed by atoms with E-state index in [0.717, 1.165) is 24.5 Å². The number of hydrogen-bond acceptors (Lipinski definition) is 5. The number of halogens is 3. The molecular weight excluding hydrogens is 531 g/mol. The summed E-state index contributed by atoms with van der Waals surface area (Å²) in [7, 11) is 0. The van der Waals surface area contributed by atoms with Gasteiger partial charge < -0.3 is 15.8 Å². The molecule has 1 aliphatic rings. The summed E-state index contributed by atoms with van der Waals surface area (Å²) in [6, 6.07) is 14.8. The highest BCUT2D eigenvalue weighted by Gasteiger charge is 2.25. The van der Waals surface area contributed by atoms with Crippen molar-refractivity contribution in [1.82, 2.24) is 19.5 Å². The normalized spacial score (nSPS) is 13.4. The molecule has 10 heteroatoms. The third-order valence-electron chi connectivity index (χ3n) is 7.53. The number of aliphatic hydroxyl groups excluding tert-OH is 1. The van der Waals surface area contributed by atoms with E-state index >= 15 is 4.39 Å². The van der Waals surface area contributed by atoms with E-state index in [1.165, 1.54) is 22.8 Å². The topological polar surface area (TPSA) is 110 Å². The number of fused-ring (bicyclic) bond motifs is 2. The number of nitrogen functional groups attached to an aromatic ring is 1. The van der Waals surface area contributed by atoms with E-state index < -0.39 is 29.6 Å². The molecular formula is C31H22F3N5O2. The highest BCUT2D eigenvalue weighted by molar-refractivity contribution is 5.96. The number of aliphatic hydroxyl groups is 1. The molecule has 0 radical (unpaired) electrons. The maximum Gasteiger partial charge on any atom is 0.265 e. The Morgan fingerprint density at radius 3 is 2.51 bits per heavy atom. The van der Waals surface area contributed by atoms with Crippen LogP contribution in [0.3, 0.4) is 0 Å². The summed E-state index contributed by atoms with van der Waals surface area (Å²) in [5, 5.41) is 11.5. The maximum atomic E-state index is 15.2. The summed E-state index contributed by atoms with van der Waals surface area (Å²) < 4.78 is 44.3. The molecule has 0 atom stereocenters. The van der Waals surface area contributed by atoms with Crippen LogP contribution in [-0.2, 0) is 6.61 Å². The Morgan fingerprint density at radius 1 is 1.00 bits per heavy atom. The van der Waals surface area contributed by atoms with Gasteiger partial charge in [0, 0.05) is 40.0 Å². The van der Waals surface area contributed by atoms with Crippen LogP contribution < -0.4 is 11.3 Å². The van der Waals surface area contributed by atoms with Gasteiger partial charge in [-0.25, -0.2) is 18.2 Å². The lowest BCUT2D eigenvalue weighted by Crippen LogP contribution is -2.20. The Balaban J connectivity index is 1.41. The largest absolute Gasteiger partial charge is 0.392 e. The fraction of sp³-hybridized carbons (Fsp3) is 0.129. The van der Waals surface area contributed by atoms with Crippen molar-refractivity contribution in [2.45, 2.75) is 25.4 Å². The second-order valence-electron chi connectivity index (χ2n) is 10.2. The van der Waals surface area contributed by atoms with E-state index in [4.69, 9.17) is 5.73 Å². The van der Waals surface area contributed by atoms with Gasteiger partial charge in [-0.3, -0.25) is 9.36 Å². The van der Waals surface area contributed by atoms with E-state index in [1.807, 2.05) is 6.07 Å². The molecule has 3 heterocycles. The minimum Gasteiger partial charge on any atom is -0.392 e. The zero-order chi connectivity index (χ0) is 28.4. The quantitative estimate of drug-likeness (QED) is 0.244. The van der Waals surface area contributed by atoms with Crippen molar-refractivity contribution < 1.29 is 18.3 Å². The molecule has 4 N–H and O–H groups in total. The van der Waals surface area contributed by atoms with Crippen LogP contribution in [0.2, 0.25) is 0 Å². The monoisotopic (exact) mass is 553 g/mol. The van der Waals surface area contributed by atoms with Gasteiger partial charge in [-0.1, -0.05) is 18.2 Å². The number of aromatic amines is 1. The summed E-state index contributed by atoms with van der Waals surface area (Å²) >= 11 is 0. The maximum absolute atomic E-state index is 15.2. The van der Waals surface area contributed by atoms with Gasteiger partial charge in [0.2, 0.25) is 5.95 Å². The third kappa shape index (κ3) is 4.23. The summed E-state index contributed by atoms with van der Waals surface area (Å²) in [6.45, 7) is -0.475. The van der Waals surface area contributed by atoms with E-state index in [-0.39, 0.29) is 16.9 Å². The predicted molar refractivity (Wildman–Crippen MR) is 150 cm³/mol. The molecule has 3 aromatic heterocycles. The highest BCUT2D eigenvalue weighted by atomic mass is 19.1. The molecule has 204 valence electrons. The van der Waals surface area contributed by atoms with Crippen molar-refractivity contribution in [2.24, 2.45) is 0 Å². The molecule has 1 fully saturated rings.